The molecule has 2 N–H and O–H groups in total. The molecule has 1 amide bonds. The Hall–Kier alpha value is -2.82. The Bertz CT molecular complexity index is 705. The first-order chi connectivity index (χ1) is 12.0. The summed E-state index contributed by atoms with van der Waals surface area (Å²) in [5, 5.41) is 5.92. The van der Waals surface area contributed by atoms with Gasteiger partial charge in [0.15, 0.2) is 5.78 Å². The summed E-state index contributed by atoms with van der Waals surface area (Å²) in [7, 11) is 0. The number of hydrogen-bond donors (Lipinski definition) is 2. The first-order valence-electron chi connectivity index (χ1n) is 8.53. The van der Waals surface area contributed by atoms with Crippen LogP contribution >= 0.6 is 0 Å². The highest BCUT2D eigenvalue weighted by atomic mass is 16.2. The lowest BCUT2D eigenvalue weighted by Crippen LogP contribution is -2.23. The second kappa shape index (κ2) is 8.87. The maximum Gasteiger partial charge on any atom is 0.243 e. The summed E-state index contributed by atoms with van der Waals surface area (Å²) >= 11 is 0. The smallest absolute Gasteiger partial charge is 0.243 e. The van der Waals surface area contributed by atoms with E-state index in [1.165, 1.54) is 6.92 Å². The zero-order chi connectivity index (χ0) is 18.2. The fraction of sp³-hybridized carbons (Fsp3) is 0.300. The minimum Gasteiger partial charge on any atom is -0.376 e. The summed E-state index contributed by atoms with van der Waals surface area (Å²) in [4.78, 5) is 25.5. The highest BCUT2D eigenvalue weighted by Crippen LogP contribution is 2.17. The van der Waals surface area contributed by atoms with E-state index in [0.717, 1.165) is 30.2 Å². The summed E-state index contributed by atoms with van der Waals surface area (Å²) in [6, 6.07) is 14.9. The van der Waals surface area contributed by atoms with Crippen LogP contribution in [0.4, 0.5) is 17.1 Å². The molecule has 0 fully saturated rings. The Kier molecular flexibility index (Phi) is 6.57. The van der Waals surface area contributed by atoms with Crippen LogP contribution in [0.2, 0.25) is 0 Å². The highest BCUT2D eigenvalue weighted by Gasteiger charge is 2.05. The Morgan fingerprint density at radius 2 is 1.44 bits per heavy atom. The number of hydrogen-bond acceptors (Lipinski definition) is 4. The van der Waals surface area contributed by atoms with E-state index in [2.05, 4.69) is 29.4 Å². The van der Waals surface area contributed by atoms with Gasteiger partial charge in [-0.2, -0.15) is 0 Å². The number of anilines is 3. The highest BCUT2D eigenvalue weighted by molar-refractivity contribution is 5.95. The van der Waals surface area contributed by atoms with Crippen molar-refractivity contribution >= 4 is 28.8 Å². The molecule has 2 aromatic rings. The minimum absolute atomic E-state index is 0.0254. The Morgan fingerprint density at radius 1 is 0.880 bits per heavy atom. The quantitative estimate of drug-likeness (QED) is 0.719. The van der Waals surface area contributed by atoms with Gasteiger partial charge in [-0.1, -0.05) is 0 Å². The van der Waals surface area contributed by atoms with Crippen molar-refractivity contribution in [3.63, 3.8) is 0 Å². The standard InChI is InChI=1S/C20H25N3O2/c1-4-23(5-2)19-12-10-18(11-13-19)22-20(25)14-21-17-8-6-16(7-9-17)15(3)24/h6-13,21H,4-5,14H2,1-3H3,(H,22,25). The van der Waals surface area contributed by atoms with Crippen molar-refractivity contribution < 1.29 is 9.59 Å². The zero-order valence-corrected chi connectivity index (χ0v) is 15.0. The minimum atomic E-state index is -0.119. The molecule has 2 aromatic carbocycles. The molecule has 0 saturated heterocycles. The topological polar surface area (TPSA) is 61.4 Å². The van der Waals surface area contributed by atoms with Gasteiger partial charge in [-0.3, -0.25) is 9.59 Å². The van der Waals surface area contributed by atoms with Crippen molar-refractivity contribution in [1.29, 1.82) is 0 Å². The first kappa shape index (κ1) is 18.5. The summed E-state index contributed by atoms with van der Waals surface area (Å²) in [5.74, 6) is -0.0938. The van der Waals surface area contributed by atoms with Crippen molar-refractivity contribution in [2.75, 3.05) is 35.2 Å². The predicted molar refractivity (Wildman–Crippen MR) is 104 cm³/mol. The fourth-order valence-corrected chi connectivity index (χ4v) is 2.55. The molecule has 0 aromatic heterocycles. The van der Waals surface area contributed by atoms with Crippen LogP contribution in [-0.2, 0) is 4.79 Å². The molecule has 0 spiro atoms. The lowest BCUT2D eigenvalue weighted by atomic mass is 10.1. The second-order valence-corrected chi connectivity index (χ2v) is 5.75. The van der Waals surface area contributed by atoms with Gasteiger partial charge < -0.3 is 15.5 Å². The van der Waals surface area contributed by atoms with Gasteiger partial charge in [0.1, 0.15) is 0 Å². The maximum absolute atomic E-state index is 12.1. The van der Waals surface area contributed by atoms with Gasteiger partial charge in [0.05, 0.1) is 6.54 Å². The van der Waals surface area contributed by atoms with Gasteiger partial charge in [0.25, 0.3) is 0 Å². The largest absolute Gasteiger partial charge is 0.376 e. The molecule has 5 heteroatoms. The van der Waals surface area contributed by atoms with Crippen LogP contribution in [0, 0.1) is 0 Å². The number of rotatable bonds is 8. The molecule has 5 nitrogen and oxygen atoms in total. The molecule has 132 valence electrons. The summed E-state index contributed by atoms with van der Waals surface area (Å²) in [6.45, 7) is 7.84. The number of Topliss-reactive ketones (excluding diaryl/α,β-unsaturated/α-hetero) is 1. The average molecular weight is 339 g/mol. The van der Waals surface area contributed by atoms with E-state index in [-0.39, 0.29) is 18.2 Å². The number of amides is 1. The van der Waals surface area contributed by atoms with Crippen LogP contribution in [-0.4, -0.2) is 31.3 Å². The van der Waals surface area contributed by atoms with Crippen LogP contribution in [0.1, 0.15) is 31.1 Å². The van der Waals surface area contributed by atoms with Gasteiger partial charge in [0, 0.05) is 35.7 Å². The molecule has 0 aliphatic rings. The van der Waals surface area contributed by atoms with Crippen molar-refractivity contribution in [1.82, 2.24) is 0 Å². The third-order valence-electron chi connectivity index (χ3n) is 4.02. The lowest BCUT2D eigenvalue weighted by molar-refractivity contribution is -0.114. The van der Waals surface area contributed by atoms with E-state index in [1.54, 1.807) is 24.3 Å². The van der Waals surface area contributed by atoms with Crippen molar-refractivity contribution in [2.24, 2.45) is 0 Å². The maximum atomic E-state index is 12.1. The third-order valence-corrected chi connectivity index (χ3v) is 4.02. The Morgan fingerprint density at radius 3 is 1.96 bits per heavy atom. The van der Waals surface area contributed by atoms with Gasteiger partial charge in [0.2, 0.25) is 5.91 Å². The molecule has 0 unspecified atom stereocenters. The number of carbonyl (C=O) groups excluding carboxylic acids is 2. The molecular weight excluding hydrogens is 314 g/mol. The predicted octanol–water partition coefficient (Wildman–Crippen LogP) is 3.79. The van der Waals surface area contributed by atoms with Crippen LogP contribution in [0.25, 0.3) is 0 Å². The molecule has 0 aliphatic heterocycles. The van der Waals surface area contributed by atoms with Crippen LogP contribution in [0.3, 0.4) is 0 Å². The van der Waals surface area contributed by atoms with Crippen LogP contribution in [0.15, 0.2) is 48.5 Å². The van der Waals surface area contributed by atoms with Gasteiger partial charge in [-0.05, 0) is 69.3 Å². The van der Waals surface area contributed by atoms with E-state index in [0.29, 0.717) is 5.56 Å². The molecule has 0 aliphatic carbocycles. The molecule has 25 heavy (non-hydrogen) atoms. The van der Waals surface area contributed by atoms with E-state index < -0.39 is 0 Å². The van der Waals surface area contributed by atoms with Gasteiger partial charge in [-0.25, -0.2) is 0 Å². The van der Waals surface area contributed by atoms with Gasteiger partial charge >= 0.3 is 0 Å². The van der Waals surface area contributed by atoms with Gasteiger partial charge in [-0.15, -0.1) is 0 Å². The molecule has 0 radical (unpaired) electrons. The van der Waals surface area contributed by atoms with Crippen molar-refractivity contribution in [3.05, 3.63) is 54.1 Å². The molecule has 0 heterocycles. The lowest BCUT2D eigenvalue weighted by Gasteiger charge is -2.21. The van der Waals surface area contributed by atoms with E-state index >= 15 is 0 Å². The molecule has 0 atom stereocenters. The van der Waals surface area contributed by atoms with Crippen molar-refractivity contribution in [2.45, 2.75) is 20.8 Å². The number of ketones is 1. The SMILES string of the molecule is CCN(CC)c1ccc(NC(=O)CNc2ccc(C(C)=O)cc2)cc1. The molecular formula is C20H25N3O2. The molecule has 0 saturated carbocycles. The third kappa shape index (κ3) is 5.35. The fourth-order valence-electron chi connectivity index (χ4n) is 2.55. The average Bonchev–Trinajstić information content (AvgIpc) is 2.63. The Balaban J connectivity index is 1.86. The first-order valence-corrected chi connectivity index (χ1v) is 8.53. The summed E-state index contributed by atoms with van der Waals surface area (Å²) in [5.41, 5.74) is 3.38. The number of carbonyl (C=O) groups is 2. The van der Waals surface area contributed by atoms with Crippen LogP contribution < -0.4 is 15.5 Å². The Labute approximate surface area is 149 Å². The van der Waals surface area contributed by atoms with E-state index in [4.69, 9.17) is 0 Å². The molecule has 2 rings (SSSR count). The van der Waals surface area contributed by atoms with Crippen molar-refractivity contribution in [3.8, 4) is 0 Å². The number of nitrogens with one attached hydrogen (secondary N) is 2. The van der Waals surface area contributed by atoms with E-state index in [9.17, 15) is 9.59 Å². The normalized spacial score (nSPS) is 10.2. The molecule has 0 bridgehead atoms. The summed E-state index contributed by atoms with van der Waals surface area (Å²) in [6.07, 6.45) is 0. The second-order valence-electron chi connectivity index (χ2n) is 5.75. The zero-order valence-electron chi connectivity index (χ0n) is 15.0. The van der Waals surface area contributed by atoms with E-state index in [1.807, 2.05) is 24.3 Å². The van der Waals surface area contributed by atoms with Crippen LogP contribution in [0.5, 0.6) is 0 Å². The number of nitrogens with zero attached hydrogens (tertiary/aromatic N) is 1. The summed E-state index contributed by atoms with van der Waals surface area (Å²) < 4.78 is 0. The number of benzene rings is 2. The monoisotopic (exact) mass is 339 g/mol.